The smallest absolute Gasteiger partial charge is 0.252 e. The van der Waals surface area contributed by atoms with Crippen molar-refractivity contribution in [2.75, 3.05) is 10.2 Å². The minimum Gasteiger partial charge on any atom is -0.322 e. The number of sulfonamides is 1. The van der Waals surface area contributed by atoms with Gasteiger partial charge in [0.25, 0.3) is 11.8 Å². The van der Waals surface area contributed by atoms with E-state index in [-0.39, 0.29) is 10.6 Å². The first-order valence-corrected chi connectivity index (χ1v) is 11.5. The molecule has 0 fully saturated rings. The summed E-state index contributed by atoms with van der Waals surface area (Å²) in [7, 11) is -3.99. The van der Waals surface area contributed by atoms with E-state index in [1.54, 1.807) is 54.6 Å². The molecular formula is C23H18ClN3O4S. The predicted octanol–water partition coefficient (Wildman–Crippen LogP) is 3.73. The van der Waals surface area contributed by atoms with Crippen molar-refractivity contribution in [1.82, 2.24) is 0 Å². The minimum absolute atomic E-state index is 0.170. The molecule has 4 rings (SSSR count). The van der Waals surface area contributed by atoms with Gasteiger partial charge < -0.3 is 5.32 Å². The zero-order valence-electron chi connectivity index (χ0n) is 16.6. The van der Waals surface area contributed by atoms with Gasteiger partial charge in [-0.25, -0.2) is 13.6 Å². The van der Waals surface area contributed by atoms with Crippen LogP contribution >= 0.6 is 11.6 Å². The van der Waals surface area contributed by atoms with Crippen LogP contribution in [0.3, 0.4) is 0 Å². The van der Waals surface area contributed by atoms with E-state index in [1.807, 2.05) is 6.07 Å². The van der Waals surface area contributed by atoms with E-state index in [9.17, 15) is 18.0 Å². The quantitative estimate of drug-likeness (QED) is 0.569. The molecule has 3 N–H and O–H groups in total. The maximum atomic E-state index is 13.3. The van der Waals surface area contributed by atoms with Gasteiger partial charge in [0.05, 0.1) is 16.3 Å². The van der Waals surface area contributed by atoms with Gasteiger partial charge in [-0.05, 0) is 47.5 Å². The van der Waals surface area contributed by atoms with E-state index in [4.69, 9.17) is 16.7 Å². The average molecular weight is 468 g/mol. The zero-order chi connectivity index (χ0) is 22.9. The van der Waals surface area contributed by atoms with Crippen LogP contribution in [0, 0.1) is 0 Å². The molecule has 0 bridgehead atoms. The Kier molecular flexibility index (Phi) is 5.84. The number of hydrogen-bond donors (Lipinski definition) is 2. The third kappa shape index (κ3) is 4.43. The minimum atomic E-state index is -3.99. The Labute approximate surface area is 190 Å². The molecule has 0 aromatic heterocycles. The highest BCUT2D eigenvalue weighted by molar-refractivity contribution is 7.89. The van der Waals surface area contributed by atoms with E-state index in [0.717, 1.165) is 0 Å². The molecule has 2 amide bonds. The summed E-state index contributed by atoms with van der Waals surface area (Å²) in [6.45, 7) is 0. The van der Waals surface area contributed by atoms with Gasteiger partial charge in [-0.2, -0.15) is 0 Å². The highest BCUT2D eigenvalue weighted by atomic mass is 35.5. The highest BCUT2D eigenvalue weighted by Crippen LogP contribution is 2.39. The Morgan fingerprint density at radius 2 is 1.78 bits per heavy atom. The molecule has 1 aliphatic heterocycles. The number of hydrogen-bond acceptors (Lipinski definition) is 4. The Hall–Kier alpha value is -3.46. The lowest BCUT2D eigenvalue weighted by molar-refractivity contribution is -0.121. The van der Waals surface area contributed by atoms with E-state index in [1.165, 1.54) is 29.2 Å². The fourth-order valence-electron chi connectivity index (χ4n) is 3.50. The number of carbonyl (C=O) groups excluding carboxylic acids is 2. The first kappa shape index (κ1) is 21.8. The van der Waals surface area contributed by atoms with Crippen LogP contribution in [0.15, 0.2) is 83.8 Å². The topological polar surface area (TPSA) is 110 Å². The molecule has 9 heteroatoms. The van der Waals surface area contributed by atoms with E-state index < -0.39 is 27.9 Å². The second-order valence-electron chi connectivity index (χ2n) is 7.12. The summed E-state index contributed by atoms with van der Waals surface area (Å²) < 4.78 is 23.5. The number of benzene rings is 3. The number of nitrogens with zero attached hydrogens (tertiary/aromatic N) is 1. The summed E-state index contributed by atoms with van der Waals surface area (Å²) in [5, 5.41) is 8.44. The summed E-state index contributed by atoms with van der Waals surface area (Å²) in [6, 6.07) is 18.9. The highest BCUT2D eigenvalue weighted by Gasteiger charge is 2.37. The maximum absolute atomic E-state index is 13.3. The normalized spacial score (nSPS) is 16.0. The molecule has 0 radical (unpaired) electrons. The van der Waals surface area contributed by atoms with E-state index >= 15 is 0 Å². The standard InChI is InChI=1S/C23H18ClN3O4S/c24-17-8-4-5-15(13-17)9-12-21(28)27-20-11-10-18(32(25,30)31)14-19(20)26-23(29)22(27)16-6-2-1-3-7-16/h1-14,22H,(H,26,29)(H2,25,30,31)/b12-9+. The summed E-state index contributed by atoms with van der Waals surface area (Å²) in [5.74, 6) is -0.932. The summed E-state index contributed by atoms with van der Waals surface area (Å²) in [6.07, 6.45) is 2.94. The number of nitrogens with two attached hydrogens (primary N) is 1. The molecule has 32 heavy (non-hydrogen) atoms. The Bertz CT molecular complexity index is 1340. The van der Waals surface area contributed by atoms with Crippen LogP contribution in [0.5, 0.6) is 0 Å². The molecule has 1 atom stereocenters. The van der Waals surface area contributed by atoms with Crippen LogP contribution in [0.2, 0.25) is 5.02 Å². The van der Waals surface area contributed by atoms with Crippen LogP contribution in [0.25, 0.3) is 6.08 Å². The molecule has 3 aromatic rings. The number of amides is 2. The van der Waals surface area contributed by atoms with Crippen molar-refractivity contribution >= 4 is 50.9 Å². The number of rotatable bonds is 4. The molecule has 7 nitrogen and oxygen atoms in total. The molecule has 0 saturated carbocycles. The Balaban J connectivity index is 1.81. The van der Waals surface area contributed by atoms with Crippen molar-refractivity contribution in [3.63, 3.8) is 0 Å². The maximum Gasteiger partial charge on any atom is 0.252 e. The van der Waals surface area contributed by atoms with Crippen molar-refractivity contribution in [3.8, 4) is 0 Å². The van der Waals surface area contributed by atoms with Crippen molar-refractivity contribution in [2.45, 2.75) is 10.9 Å². The van der Waals surface area contributed by atoms with Crippen molar-refractivity contribution in [3.05, 3.63) is 95.0 Å². The largest absolute Gasteiger partial charge is 0.322 e. The number of halogens is 1. The van der Waals surface area contributed by atoms with Crippen LogP contribution in [-0.2, 0) is 19.6 Å². The van der Waals surface area contributed by atoms with Gasteiger partial charge in [0.1, 0.15) is 6.04 Å². The molecule has 162 valence electrons. The van der Waals surface area contributed by atoms with Crippen molar-refractivity contribution < 1.29 is 18.0 Å². The lowest BCUT2D eigenvalue weighted by Gasteiger charge is -2.36. The summed E-state index contributed by atoms with van der Waals surface area (Å²) >= 11 is 6.01. The second-order valence-corrected chi connectivity index (χ2v) is 9.12. The van der Waals surface area contributed by atoms with Crippen molar-refractivity contribution in [2.24, 2.45) is 5.14 Å². The molecule has 1 aliphatic rings. The average Bonchev–Trinajstić information content (AvgIpc) is 2.76. The molecule has 3 aromatic carbocycles. The van der Waals surface area contributed by atoms with Gasteiger partial charge in [-0.3, -0.25) is 14.5 Å². The fraction of sp³-hybridized carbons (Fsp3) is 0.0435. The zero-order valence-corrected chi connectivity index (χ0v) is 18.2. The SMILES string of the molecule is NS(=O)(=O)c1ccc2c(c1)NC(=O)C(c1ccccc1)N2C(=O)/C=C/c1cccc(Cl)c1. The first-order valence-electron chi connectivity index (χ1n) is 9.53. The number of fused-ring (bicyclic) bond motifs is 1. The molecular weight excluding hydrogens is 450 g/mol. The Morgan fingerprint density at radius 3 is 2.47 bits per heavy atom. The van der Waals surface area contributed by atoms with Crippen LogP contribution in [0.4, 0.5) is 11.4 Å². The summed E-state index contributed by atoms with van der Waals surface area (Å²) in [4.78, 5) is 27.5. The van der Waals surface area contributed by atoms with Crippen molar-refractivity contribution in [1.29, 1.82) is 0 Å². The van der Waals surface area contributed by atoms with Gasteiger partial charge in [0.15, 0.2) is 0 Å². The molecule has 0 spiro atoms. The van der Waals surface area contributed by atoms with Gasteiger partial charge in [-0.1, -0.05) is 54.1 Å². The van der Waals surface area contributed by atoms with Gasteiger partial charge in [0, 0.05) is 11.1 Å². The number of carbonyl (C=O) groups is 2. The van der Waals surface area contributed by atoms with Gasteiger partial charge in [-0.15, -0.1) is 0 Å². The van der Waals surface area contributed by atoms with Crippen LogP contribution < -0.4 is 15.4 Å². The lowest BCUT2D eigenvalue weighted by Crippen LogP contribution is -2.44. The lowest BCUT2D eigenvalue weighted by atomic mass is 10.00. The molecule has 1 unspecified atom stereocenters. The summed E-state index contributed by atoms with van der Waals surface area (Å²) in [5.41, 5.74) is 1.86. The van der Waals surface area contributed by atoms with E-state index in [0.29, 0.717) is 21.8 Å². The fourth-order valence-corrected chi connectivity index (χ4v) is 4.24. The molecule has 1 heterocycles. The van der Waals surface area contributed by atoms with Gasteiger partial charge in [0.2, 0.25) is 10.0 Å². The molecule has 0 saturated heterocycles. The number of primary sulfonamides is 1. The predicted molar refractivity (Wildman–Crippen MR) is 124 cm³/mol. The van der Waals surface area contributed by atoms with Gasteiger partial charge >= 0.3 is 0 Å². The molecule has 0 aliphatic carbocycles. The van der Waals surface area contributed by atoms with E-state index in [2.05, 4.69) is 5.32 Å². The first-order chi connectivity index (χ1) is 15.2. The van der Waals surface area contributed by atoms with Crippen LogP contribution in [-0.4, -0.2) is 20.2 Å². The third-order valence-corrected chi connectivity index (χ3v) is 6.09. The Morgan fingerprint density at radius 1 is 1.03 bits per heavy atom. The third-order valence-electron chi connectivity index (χ3n) is 4.94. The second kappa shape index (κ2) is 8.58. The van der Waals surface area contributed by atoms with Crippen LogP contribution in [0.1, 0.15) is 17.2 Å². The monoisotopic (exact) mass is 467 g/mol. The number of nitrogens with one attached hydrogen (secondary N) is 1. The number of anilines is 2.